The van der Waals surface area contributed by atoms with E-state index >= 15 is 0 Å². The molecule has 0 bridgehead atoms. The first kappa shape index (κ1) is 29.6. The molecule has 0 aliphatic heterocycles. The van der Waals surface area contributed by atoms with Crippen molar-refractivity contribution in [2.24, 2.45) is 0 Å². The molecule has 0 radical (unpaired) electrons. The molecule has 1 atom stereocenters. The second-order valence-corrected chi connectivity index (χ2v) is 13.4. The van der Waals surface area contributed by atoms with Crippen LogP contribution in [0.2, 0.25) is 0 Å². The van der Waals surface area contributed by atoms with Gasteiger partial charge in [0.1, 0.15) is 12.6 Å². The molecule has 0 saturated heterocycles. The summed E-state index contributed by atoms with van der Waals surface area (Å²) in [5.74, 6) is -0.770. The standard InChI is InChI=1S/C29H34IN3O4S/c1-29(2,3)31-28(35)26(19-22-11-7-5-8-12-22)32(20-23-13-9-6-10-14-23)27(34)21-33(38(4,36)37)25-17-15-24(30)16-18-25/h5-18,26H,19-21H2,1-4H3,(H,31,35)/t26-/m0/s1. The van der Waals surface area contributed by atoms with Crippen LogP contribution in [0.25, 0.3) is 0 Å². The molecule has 0 fully saturated rings. The highest BCUT2D eigenvalue weighted by Crippen LogP contribution is 2.21. The minimum absolute atomic E-state index is 0.152. The predicted molar refractivity (Wildman–Crippen MR) is 160 cm³/mol. The Bertz CT molecular complexity index is 1330. The number of sulfonamides is 1. The Morgan fingerprint density at radius 1 is 0.868 bits per heavy atom. The van der Waals surface area contributed by atoms with E-state index in [1.165, 1.54) is 4.90 Å². The summed E-state index contributed by atoms with van der Waals surface area (Å²) < 4.78 is 27.6. The first-order valence-electron chi connectivity index (χ1n) is 12.3. The Morgan fingerprint density at radius 3 is 1.89 bits per heavy atom. The molecule has 0 heterocycles. The van der Waals surface area contributed by atoms with Gasteiger partial charge in [-0.25, -0.2) is 8.42 Å². The van der Waals surface area contributed by atoms with Gasteiger partial charge in [-0.3, -0.25) is 13.9 Å². The number of rotatable bonds is 10. The van der Waals surface area contributed by atoms with Gasteiger partial charge >= 0.3 is 0 Å². The van der Waals surface area contributed by atoms with E-state index < -0.39 is 34.1 Å². The van der Waals surface area contributed by atoms with Crippen molar-refractivity contribution < 1.29 is 18.0 Å². The minimum Gasteiger partial charge on any atom is -0.350 e. The SMILES string of the molecule is CC(C)(C)NC(=O)[C@H](Cc1ccccc1)N(Cc1ccccc1)C(=O)CN(c1ccc(I)cc1)S(C)(=O)=O. The van der Waals surface area contributed by atoms with E-state index in [0.717, 1.165) is 25.3 Å². The van der Waals surface area contributed by atoms with Crippen LogP contribution in [0, 0.1) is 3.57 Å². The number of benzene rings is 3. The summed E-state index contributed by atoms with van der Waals surface area (Å²) in [6.45, 7) is 5.38. The van der Waals surface area contributed by atoms with Crippen LogP contribution in [-0.4, -0.2) is 49.5 Å². The molecule has 0 aliphatic rings. The van der Waals surface area contributed by atoms with Crippen LogP contribution in [0.3, 0.4) is 0 Å². The largest absolute Gasteiger partial charge is 0.350 e. The monoisotopic (exact) mass is 647 g/mol. The first-order valence-corrected chi connectivity index (χ1v) is 15.2. The van der Waals surface area contributed by atoms with Crippen LogP contribution in [0.15, 0.2) is 84.9 Å². The van der Waals surface area contributed by atoms with Crippen molar-refractivity contribution in [2.75, 3.05) is 17.1 Å². The number of nitrogens with one attached hydrogen (secondary N) is 1. The van der Waals surface area contributed by atoms with Gasteiger partial charge in [0.15, 0.2) is 0 Å². The number of halogens is 1. The third kappa shape index (κ3) is 8.83. The number of hydrogen-bond donors (Lipinski definition) is 1. The molecule has 38 heavy (non-hydrogen) atoms. The topological polar surface area (TPSA) is 86.8 Å². The fourth-order valence-corrected chi connectivity index (χ4v) is 5.22. The molecular weight excluding hydrogens is 613 g/mol. The maximum Gasteiger partial charge on any atom is 0.244 e. The summed E-state index contributed by atoms with van der Waals surface area (Å²) in [4.78, 5) is 29.1. The summed E-state index contributed by atoms with van der Waals surface area (Å²) in [5.41, 5.74) is 1.60. The molecule has 0 aromatic heterocycles. The van der Waals surface area contributed by atoms with E-state index in [1.807, 2.05) is 81.4 Å². The molecule has 9 heteroatoms. The van der Waals surface area contributed by atoms with E-state index in [-0.39, 0.29) is 18.9 Å². The highest BCUT2D eigenvalue weighted by molar-refractivity contribution is 14.1. The predicted octanol–water partition coefficient (Wildman–Crippen LogP) is 4.61. The van der Waals surface area contributed by atoms with Crippen LogP contribution in [0.5, 0.6) is 0 Å². The lowest BCUT2D eigenvalue weighted by atomic mass is 10.0. The number of amides is 2. The number of hydrogen-bond acceptors (Lipinski definition) is 4. The van der Waals surface area contributed by atoms with E-state index in [2.05, 4.69) is 27.9 Å². The maximum absolute atomic E-state index is 14.0. The summed E-state index contributed by atoms with van der Waals surface area (Å²) in [6.07, 6.45) is 1.36. The molecule has 0 unspecified atom stereocenters. The van der Waals surface area contributed by atoms with Gasteiger partial charge in [0.2, 0.25) is 21.8 Å². The second kappa shape index (κ2) is 12.8. The van der Waals surface area contributed by atoms with Gasteiger partial charge < -0.3 is 10.2 Å². The molecule has 2 amide bonds. The van der Waals surface area contributed by atoms with E-state index in [1.54, 1.807) is 24.3 Å². The Labute approximate surface area is 239 Å². The lowest BCUT2D eigenvalue weighted by Gasteiger charge is -2.35. The van der Waals surface area contributed by atoms with Gasteiger partial charge in [-0.15, -0.1) is 0 Å². The van der Waals surface area contributed by atoms with Gasteiger partial charge in [0.05, 0.1) is 11.9 Å². The zero-order valence-corrected chi connectivity index (χ0v) is 25.1. The highest BCUT2D eigenvalue weighted by Gasteiger charge is 2.34. The van der Waals surface area contributed by atoms with E-state index in [0.29, 0.717) is 5.69 Å². The van der Waals surface area contributed by atoms with Crippen LogP contribution in [0.1, 0.15) is 31.9 Å². The Balaban J connectivity index is 2.04. The highest BCUT2D eigenvalue weighted by atomic mass is 127. The van der Waals surface area contributed by atoms with Gasteiger partial charge in [0, 0.05) is 22.1 Å². The average molecular weight is 648 g/mol. The zero-order valence-electron chi connectivity index (χ0n) is 22.1. The average Bonchev–Trinajstić information content (AvgIpc) is 2.84. The lowest BCUT2D eigenvalue weighted by Crippen LogP contribution is -2.56. The molecule has 3 aromatic rings. The minimum atomic E-state index is -3.78. The number of anilines is 1. The van der Waals surface area contributed by atoms with E-state index in [4.69, 9.17) is 0 Å². The molecule has 0 aliphatic carbocycles. The fourth-order valence-electron chi connectivity index (χ4n) is 4.01. The Kier molecular flexibility index (Phi) is 9.94. The second-order valence-electron chi connectivity index (χ2n) is 10.2. The summed E-state index contributed by atoms with van der Waals surface area (Å²) >= 11 is 2.14. The van der Waals surface area contributed by atoms with Crippen LogP contribution >= 0.6 is 22.6 Å². The lowest BCUT2D eigenvalue weighted by molar-refractivity contribution is -0.140. The first-order chi connectivity index (χ1) is 17.8. The van der Waals surface area contributed by atoms with Gasteiger partial charge in [-0.2, -0.15) is 0 Å². The van der Waals surface area contributed by atoms with Crippen LogP contribution < -0.4 is 9.62 Å². The van der Waals surface area contributed by atoms with Crippen molar-refractivity contribution >= 4 is 50.1 Å². The molecular formula is C29H34IN3O4S. The van der Waals surface area contributed by atoms with E-state index in [9.17, 15) is 18.0 Å². The van der Waals surface area contributed by atoms with Crippen molar-refractivity contribution in [3.8, 4) is 0 Å². The smallest absolute Gasteiger partial charge is 0.244 e. The Morgan fingerprint density at radius 2 is 1.39 bits per heavy atom. The van der Waals surface area contributed by atoms with Crippen molar-refractivity contribution in [2.45, 2.75) is 45.3 Å². The molecule has 3 aromatic carbocycles. The van der Waals surface area contributed by atoms with Gasteiger partial charge in [0.25, 0.3) is 0 Å². The molecule has 1 N–H and O–H groups in total. The number of carbonyl (C=O) groups excluding carboxylic acids is 2. The zero-order chi connectivity index (χ0) is 27.9. The van der Waals surface area contributed by atoms with Crippen LogP contribution in [-0.2, 0) is 32.6 Å². The molecule has 3 rings (SSSR count). The summed E-state index contributed by atoms with van der Waals surface area (Å²) in [7, 11) is -3.78. The molecule has 202 valence electrons. The quantitative estimate of drug-likeness (QED) is 0.326. The van der Waals surface area contributed by atoms with Crippen molar-refractivity contribution in [3.63, 3.8) is 0 Å². The van der Waals surface area contributed by atoms with Crippen molar-refractivity contribution in [3.05, 3.63) is 99.6 Å². The van der Waals surface area contributed by atoms with Crippen LogP contribution in [0.4, 0.5) is 5.69 Å². The van der Waals surface area contributed by atoms with Gasteiger partial charge in [-0.05, 0) is 78.8 Å². The summed E-state index contributed by atoms with van der Waals surface area (Å²) in [5, 5.41) is 3.02. The number of carbonyl (C=O) groups is 2. The summed E-state index contributed by atoms with van der Waals surface area (Å²) in [6, 6.07) is 24.9. The molecule has 0 saturated carbocycles. The van der Waals surface area contributed by atoms with Crippen molar-refractivity contribution in [1.29, 1.82) is 0 Å². The van der Waals surface area contributed by atoms with Crippen molar-refractivity contribution in [1.82, 2.24) is 10.2 Å². The third-order valence-corrected chi connectivity index (χ3v) is 7.62. The van der Waals surface area contributed by atoms with Gasteiger partial charge in [-0.1, -0.05) is 60.7 Å². The molecule has 0 spiro atoms. The normalized spacial score (nSPS) is 12.4. The third-order valence-electron chi connectivity index (χ3n) is 5.76. The Hall–Kier alpha value is -2.92. The molecule has 7 nitrogen and oxygen atoms in total. The maximum atomic E-state index is 14.0. The fraction of sp³-hybridized carbons (Fsp3) is 0.310. The number of nitrogens with zero attached hydrogens (tertiary/aromatic N) is 2.